The highest BCUT2D eigenvalue weighted by Crippen LogP contribution is 2.50. The van der Waals surface area contributed by atoms with Crippen molar-refractivity contribution in [3.8, 4) is 0 Å². The van der Waals surface area contributed by atoms with Crippen LogP contribution < -0.4 is 5.32 Å². The van der Waals surface area contributed by atoms with Crippen LogP contribution in [0.3, 0.4) is 0 Å². The standard InChI is InChI=1S/C9H8F11NO2/c1-3(2)21-4(22)5(10,7(13,14)15)23-9(19,20)6(11,12)8(16,17)18/h3H,1-2H3,(H,21,22)/t5-/m1/s1. The van der Waals surface area contributed by atoms with Crippen molar-refractivity contribution >= 4 is 5.91 Å². The molecule has 23 heavy (non-hydrogen) atoms. The number of hydrogen-bond donors (Lipinski definition) is 1. The first-order valence-electron chi connectivity index (χ1n) is 5.38. The van der Waals surface area contributed by atoms with Crippen LogP contribution >= 0.6 is 0 Å². The lowest BCUT2D eigenvalue weighted by molar-refractivity contribution is -0.473. The molecule has 0 spiro atoms. The van der Waals surface area contributed by atoms with Crippen molar-refractivity contribution in [1.82, 2.24) is 5.32 Å². The largest absolute Gasteiger partial charge is 0.462 e. The minimum Gasteiger partial charge on any atom is -0.349 e. The number of ether oxygens (including phenoxy) is 1. The fraction of sp³-hybridized carbons (Fsp3) is 0.889. The van der Waals surface area contributed by atoms with Crippen LogP contribution in [0, 0.1) is 0 Å². The molecule has 0 fully saturated rings. The Hall–Kier alpha value is -1.34. The zero-order chi connectivity index (χ0) is 19.1. The summed E-state index contributed by atoms with van der Waals surface area (Å²) < 4.78 is 139. The molecule has 0 aromatic heterocycles. The molecule has 0 aliphatic carbocycles. The van der Waals surface area contributed by atoms with Gasteiger partial charge in [-0.1, -0.05) is 0 Å². The van der Waals surface area contributed by atoms with E-state index in [1.54, 1.807) is 0 Å². The van der Waals surface area contributed by atoms with Crippen molar-refractivity contribution < 1.29 is 57.8 Å². The molecule has 0 radical (unpaired) electrons. The molecule has 0 heterocycles. The van der Waals surface area contributed by atoms with E-state index in [0.29, 0.717) is 0 Å². The zero-order valence-electron chi connectivity index (χ0n) is 11.1. The molecule has 138 valence electrons. The van der Waals surface area contributed by atoms with Crippen molar-refractivity contribution in [3.63, 3.8) is 0 Å². The minimum atomic E-state index is -7.19. The number of rotatable bonds is 5. The van der Waals surface area contributed by atoms with Crippen LogP contribution in [0.5, 0.6) is 0 Å². The Bertz CT molecular complexity index is 442. The molecular weight excluding hydrogens is 363 g/mol. The molecule has 0 saturated carbocycles. The van der Waals surface area contributed by atoms with Gasteiger partial charge >= 0.3 is 30.2 Å². The van der Waals surface area contributed by atoms with Gasteiger partial charge in [-0.05, 0) is 13.8 Å². The van der Waals surface area contributed by atoms with Gasteiger partial charge in [-0.15, -0.1) is 0 Å². The lowest BCUT2D eigenvalue weighted by Gasteiger charge is -2.34. The molecule has 0 unspecified atom stereocenters. The van der Waals surface area contributed by atoms with Crippen molar-refractivity contribution in [2.75, 3.05) is 0 Å². The highest BCUT2D eigenvalue weighted by molar-refractivity contribution is 5.84. The third kappa shape index (κ3) is 4.14. The van der Waals surface area contributed by atoms with E-state index in [4.69, 9.17) is 0 Å². The van der Waals surface area contributed by atoms with Crippen LogP contribution in [0.1, 0.15) is 13.8 Å². The topological polar surface area (TPSA) is 38.3 Å². The molecule has 0 saturated heterocycles. The van der Waals surface area contributed by atoms with Crippen LogP contribution in [0.4, 0.5) is 48.3 Å². The molecule has 1 amide bonds. The molecule has 0 rings (SSSR count). The van der Waals surface area contributed by atoms with Crippen molar-refractivity contribution in [1.29, 1.82) is 0 Å². The van der Waals surface area contributed by atoms with E-state index in [2.05, 4.69) is 0 Å². The van der Waals surface area contributed by atoms with Crippen LogP contribution in [-0.4, -0.2) is 42.2 Å². The average Bonchev–Trinajstić information content (AvgIpc) is 2.23. The minimum absolute atomic E-state index is 0.928. The number of nitrogens with one attached hydrogen (secondary N) is 1. The Morgan fingerprint density at radius 1 is 0.826 bits per heavy atom. The van der Waals surface area contributed by atoms with Crippen molar-refractivity contribution in [2.24, 2.45) is 0 Å². The second-order valence-electron chi connectivity index (χ2n) is 4.41. The Balaban J connectivity index is 5.88. The van der Waals surface area contributed by atoms with Gasteiger partial charge in [-0.2, -0.15) is 48.3 Å². The van der Waals surface area contributed by atoms with E-state index in [-0.39, 0.29) is 0 Å². The fourth-order valence-corrected chi connectivity index (χ4v) is 0.994. The maximum atomic E-state index is 13.5. The molecule has 3 nitrogen and oxygen atoms in total. The molecule has 0 bridgehead atoms. The predicted molar refractivity (Wildman–Crippen MR) is 50.2 cm³/mol. The monoisotopic (exact) mass is 371 g/mol. The summed E-state index contributed by atoms with van der Waals surface area (Å²) in [5, 5.41) is 1.08. The SMILES string of the molecule is CC(C)NC(=O)[C@@](F)(OC(F)(F)C(F)(F)C(F)(F)F)C(F)(F)F. The Labute approximate surface area is 120 Å². The Kier molecular flexibility index (Phi) is 5.60. The summed E-state index contributed by atoms with van der Waals surface area (Å²) in [6.07, 6.45) is -20.8. The third-order valence-electron chi connectivity index (χ3n) is 2.07. The lowest BCUT2D eigenvalue weighted by atomic mass is 10.2. The van der Waals surface area contributed by atoms with Crippen LogP contribution in [-0.2, 0) is 9.53 Å². The van der Waals surface area contributed by atoms with Gasteiger partial charge in [0.15, 0.2) is 0 Å². The van der Waals surface area contributed by atoms with Gasteiger partial charge in [-0.3, -0.25) is 9.53 Å². The van der Waals surface area contributed by atoms with Crippen LogP contribution in [0.2, 0.25) is 0 Å². The van der Waals surface area contributed by atoms with Crippen LogP contribution in [0.15, 0.2) is 0 Å². The average molecular weight is 371 g/mol. The number of halogens is 11. The molecule has 14 heteroatoms. The Morgan fingerprint density at radius 3 is 1.48 bits per heavy atom. The highest BCUT2D eigenvalue weighted by Gasteiger charge is 2.79. The number of carbonyl (C=O) groups is 1. The fourth-order valence-electron chi connectivity index (χ4n) is 0.994. The van der Waals surface area contributed by atoms with Crippen molar-refractivity contribution in [3.05, 3.63) is 0 Å². The molecule has 0 aromatic carbocycles. The first kappa shape index (κ1) is 21.7. The van der Waals surface area contributed by atoms with Gasteiger partial charge in [0, 0.05) is 6.04 Å². The van der Waals surface area contributed by atoms with E-state index in [0.717, 1.165) is 19.2 Å². The summed E-state index contributed by atoms with van der Waals surface area (Å²) in [5.41, 5.74) is 0. The summed E-state index contributed by atoms with van der Waals surface area (Å²) in [7, 11) is 0. The normalized spacial score (nSPS) is 17.1. The summed E-state index contributed by atoms with van der Waals surface area (Å²) in [4.78, 5) is 11.0. The first-order chi connectivity index (χ1) is 9.79. The molecule has 1 N–H and O–H groups in total. The Morgan fingerprint density at radius 2 is 1.22 bits per heavy atom. The van der Waals surface area contributed by atoms with Crippen molar-refractivity contribution in [2.45, 2.75) is 50.1 Å². The highest BCUT2D eigenvalue weighted by atomic mass is 19.4. The number of carbonyl (C=O) groups excluding carboxylic acids is 1. The third-order valence-corrected chi connectivity index (χ3v) is 2.07. The number of hydrogen-bond acceptors (Lipinski definition) is 2. The maximum absolute atomic E-state index is 13.5. The van der Waals surface area contributed by atoms with E-state index < -0.39 is 42.2 Å². The van der Waals surface area contributed by atoms with Gasteiger partial charge in [0.1, 0.15) is 0 Å². The van der Waals surface area contributed by atoms with Gasteiger partial charge in [0.2, 0.25) is 0 Å². The number of alkyl halides is 11. The van der Waals surface area contributed by atoms with E-state index >= 15 is 0 Å². The van der Waals surface area contributed by atoms with Gasteiger partial charge in [0.25, 0.3) is 5.91 Å². The quantitative estimate of drug-likeness (QED) is 0.751. The first-order valence-corrected chi connectivity index (χ1v) is 5.38. The molecule has 0 aromatic rings. The smallest absolute Gasteiger partial charge is 0.349 e. The van der Waals surface area contributed by atoms with E-state index in [9.17, 15) is 53.1 Å². The molecular formula is C9H8F11NO2. The maximum Gasteiger partial charge on any atom is 0.462 e. The molecule has 0 aliphatic rings. The van der Waals surface area contributed by atoms with Gasteiger partial charge in [0.05, 0.1) is 0 Å². The number of amides is 1. The summed E-state index contributed by atoms with van der Waals surface area (Å²) in [5.74, 6) is -16.4. The van der Waals surface area contributed by atoms with Gasteiger partial charge < -0.3 is 5.32 Å². The predicted octanol–water partition coefficient (Wildman–Crippen LogP) is 3.55. The summed E-state index contributed by atoms with van der Waals surface area (Å²) >= 11 is 0. The second kappa shape index (κ2) is 5.94. The zero-order valence-corrected chi connectivity index (χ0v) is 11.1. The summed E-state index contributed by atoms with van der Waals surface area (Å²) in [6, 6.07) is -1.31. The second-order valence-corrected chi connectivity index (χ2v) is 4.41. The van der Waals surface area contributed by atoms with Gasteiger partial charge in [-0.25, -0.2) is 0 Å². The molecule has 0 aliphatic heterocycles. The van der Waals surface area contributed by atoms with Crippen LogP contribution in [0.25, 0.3) is 0 Å². The summed E-state index contributed by atoms with van der Waals surface area (Å²) in [6.45, 7) is 1.86. The lowest BCUT2D eigenvalue weighted by Crippen LogP contribution is -2.64. The molecule has 1 atom stereocenters. The van der Waals surface area contributed by atoms with E-state index in [1.165, 1.54) is 0 Å². The van der Waals surface area contributed by atoms with E-state index in [1.807, 2.05) is 4.74 Å².